The van der Waals surface area contributed by atoms with Crippen LogP contribution in [0.4, 0.5) is 0 Å². The number of nitrogens with zero attached hydrogens (tertiary/aromatic N) is 1. The van der Waals surface area contributed by atoms with Crippen LogP contribution in [0.3, 0.4) is 0 Å². The lowest BCUT2D eigenvalue weighted by molar-refractivity contribution is 0.0921. The Balaban J connectivity index is 1.80. The smallest absolute Gasteiger partial charge is 0.257 e. The molecule has 0 aliphatic heterocycles. The number of hydrogen-bond acceptors (Lipinski definition) is 3. The van der Waals surface area contributed by atoms with E-state index < -0.39 is 0 Å². The van der Waals surface area contributed by atoms with Crippen molar-refractivity contribution in [3.05, 3.63) is 82.8 Å². The molecule has 1 atom stereocenters. The molecule has 4 aromatic rings. The Hall–Kier alpha value is -3.44. The first kappa shape index (κ1) is 21.8. The predicted molar refractivity (Wildman–Crippen MR) is 131 cm³/mol. The summed E-state index contributed by atoms with van der Waals surface area (Å²) in [5, 5.41) is 0.945. The Morgan fingerprint density at radius 1 is 1.03 bits per heavy atom. The minimum atomic E-state index is -0.151. The van der Waals surface area contributed by atoms with Crippen LogP contribution in [-0.4, -0.2) is 41.3 Å². The third-order valence-electron chi connectivity index (χ3n) is 5.92. The molecule has 5 nitrogen and oxygen atoms in total. The quantitative estimate of drug-likeness (QED) is 0.372. The van der Waals surface area contributed by atoms with E-state index in [9.17, 15) is 9.59 Å². The summed E-state index contributed by atoms with van der Waals surface area (Å²) < 4.78 is 0. The van der Waals surface area contributed by atoms with Crippen molar-refractivity contribution in [1.29, 1.82) is 0 Å². The van der Waals surface area contributed by atoms with Crippen LogP contribution < -0.4 is 5.56 Å². The van der Waals surface area contributed by atoms with Crippen LogP contribution in [0.2, 0.25) is 0 Å². The zero-order chi connectivity index (χ0) is 22.7. The predicted octanol–water partition coefficient (Wildman–Crippen LogP) is 5.35. The highest BCUT2D eigenvalue weighted by molar-refractivity contribution is 6.08. The maximum absolute atomic E-state index is 13.2. The van der Waals surface area contributed by atoms with Crippen LogP contribution in [0.1, 0.15) is 30.1 Å². The molecule has 0 radical (unpaired) electrons. The molecule has 32 heavy (non-hydrogen) atoms. The number of carbonyl (C=O) groups is 1. The second-order valence-electron chi connectivity index (χ2n) is 8.63. The van der Waals surface area contributed by atoms with E-state index in [0.717, 1.165) is 47.1 Å². The van der Waals surface area contributed by atoms with Gasteiger partial charge in [-0.3, -0.25) is 9.59 Å². The van der Waals surface area contributed by atoms with Crippen LogP contribution in [0.25, 0.3) is 33.3 Å². The normalized spacial score (nSPS) is 12.4. The summed E-state index contributed by atoms with van der Waals surface area (Å²) in [4.78, 5) is 34.0. The molecule has 0 spiro atoms. The van der Waals surface area contributed by atoms with Crippen molar-refractivity contribution >= 4 is 16.7 Å². The van der Waals surface area contributed by atoms with Gasteiger partial charge in [-0.05, 0) is 69.4 Å². The summed E-state index contributed by atoms with van der Waals surface area (Å²) in [6.45, 7) is 2.98. The Bertz CT molecular complexity index is 1290. The van der Waals surface area contributed by atoms with E-state index in [0.29, 0.717) is 11.1 Å². The molecule has 0 fully saturated rings. The van der Waals surface area contributed by atoms with Gasteiger partial charge in [0.1, 0.15) is 0 Å². The van der Waals surface area contributed by atoms with Crippen molar-refractivity contribution in [2.24, 2.45) is 5.92 Å². The van der Waals surface area contributed by atoms with Crippen molar-refractivity contribution in [1.82, 2.24) is 14.9 Å². The number of Topliss-reactive ketones (excluding diaryl/α,β-unsaturated/α-hetero) is 1. The zero-order valence-electron chi connectivity index (χ0n) is 18.8. The second-order valence-corrected chi connectivity index (χ2v) is 8.63. The molecule has 2 aromatic heterocycles. The van der Waals surface area contributed by atoms with E-state index in [4.69, 9.17) is 0 Å². The highest BCUT2D eigenvalue weighted by Crippen LogP contribution is 2.37. The van der Waals surface area contributed by atoms with E-state index in [1.165, 1.54) is 0 Å². The number of aromatic amines is 2. The largest absolute Gasteiger partial charge is 0.354 e. The van der Waals surface area contributed by atoms with Crippen LogP contribution in [0, 0.1) is 5.92 Å². The molecule has 2 aromatic carbocycles. The van der Waals surface area contributed by atoms with Gasteiger partial charge in [-0.25, -0.2) is 0 Å². The molecule has 0 aliphatic rings. The van der Waals surface area contributed by atoms with E-state index in [-0.39, 0.29) is 17.3 Å². The van der Waals surface area contributed by atoms with E-state index in [2.05, 4.69) is 14.9 Å². The Labute approximate surface area is 188 Å². The first-order valence-electron chi connectivity index (χ1n) is 11.0. The van der Waals surface area contributed by atoms with Crippen molar-refractivity contribution in [3.63, 3.8) is 0 Å². The van der Waals surface area contributed by atoms with Gasteiger partial charge in [-0.15, -0.1) is 0 Å². The van der Waals surface area contributed by atoms with Crippen molar-refractivity contribution < 1.29 is 4.79 Å². The summed E-state index contributed by atoms with van der Waals surface area (Å²) in [5.41, 5.74) is 4.73. The average Bonchev–Trinajstić information content (AvgIpc) is 3.17. The fourth-order valence-corrected chi connectivity index (χ4v) is 4.20. The van der Waals surface area contributed by atoms with E-state index in [1.807, 2.05) is 81.7 Å². The summed E-state index contributed by atoms with van der Waals surface area (Å²) in [6.07, 6.45) is 3.48. The first-order valence-corrected chi connectivity index (χ1v) is 11.0. The molecular weight excluding hydrogens is 398 g/mol. The second kappa shape index (κ2) is 9.37. The number of fused-ring (bicyclic) bond motifs is 1. The third kappa shape index (κ3) is 4.43. The van der Waals surface area contributed by atoms with Gasteiger partial charge in [0.05, 0.1) is 11.3 Å². The number of hydrogen-bond donors (Lipinski definition) is 2. The number of aromatic nitrogens is 2. The highest BCUT2D eigenvalue weighted by atomic mass is 16.1. The number of nitrogens with one attached hydrogen (secondary N) is 2. The Morgan fingerprint density at radius 3 is 2.53 bits per heavy atom. The number of pyridine rings is 1. The molecule has 1 unspecified atom stereocenters. The fourth-order valence-electron chi connectivity index (χ4n) is 4.20. The first-order chi connectivity index (χ1) is 15.5. The Kier molecular flexibility index (Phi) is 6.37. The standard InChI is InChI=1S/C27H29N3O2/c1-18(9-8-16-30(2)3)26(31)20-13-14-23-22(17-20)24(19-10-5-4-6-11-19)25(29-23)21-12-7-15-28-27(21)32/h4-7,10-15,17-18,29H,8-9,16H2,1-3H3,(H,28,32). The third-order valence-corrected chi connectivity index (χ3v) is 5.92. The Morgan fingerprint density at radius 2 is 1.81 bits per heavy atom. The lowest BCUT2D eigenvalue weighted by Crippen LogP contribution is -2.16. The number of H-pyrrole nitrogens is 2. The molecule has 0 bridgehead atoms. The van der Waals surface area contributed by atoms with Crippen molar-refractivity contribution in [2.45, 2.75) is 19.8 Å². The molecule has 0 saturated heterocycles. The zero-order valence-corrected chi connectivity index (χ0v) is 18.8. The van der Waals surface area contributed by atoms with Crippen molar-refractivity contribution in [2.75, 3.05) is 20.6 Å². The molecule has 4 rings (SSSR count). The molecule has 0 amide bonds. The summed E-state index contributed by atoms with van der Waals surface area (Å²) >= 11 is 0. The SMILES string of the molecule is CC(CCCN(C)C)C(=O)c1ccc2[nH]c(-c3ccc[nH]c3=O)c(-c3ccccc3)c2c1. The highest BCUT2D eigenvalue weighted by Gasteiger charge is 2.20. The van der Waals surface area contributed by atoms with E-state index >= 15 is 0 Å². The average molecular weight is 428 g/mol. The molecule has 2 heterocycles. The van der Waals surface area contributed by atoms with Gasteiger partial charge in [0, 0.05) is 34.1 Å². The molecule has 0 aliphatic carbocycles. The topological polar surface area (TPSA) is 69.0 Å². The van der Waals surface area contributed by atoms with Gasteiger partial charge >= 0.3 is 0 Å². The van der Waals surface area contributed by atoms with Crippen LogP contribution in [-0.2, 0) is 0 Å². The van der Waals surface area contributed by atoms with Gasteiger partial charge in [-0.1, -0.05) is 37.3 Å². The minimum absolute atomic E-state index is 0.0389. The molecule has 164 valence electrons. The maximum atomic E-state index is 13.2. The van der Waals surface area contributed by atoms with Crippen LogP contribution in [0.15, 0.2) is 71.7 Å². The monoisotopic (exact) mass is 427 g/mol. The van der Waals surface area contributed by atoms with Gasteiger partial charge in [0.15, 0.2) is 5.78 Å². The fraction of sp³-hybridized carbons (Fsp3) is 0.259. The molecule has 5 heteroatoms. The molecule has 0 saturated carbocycles. The van der Waals surface area contributed by atoms with Crippen LogP contribution >= 0.6 is 0 Å². The molecular formula is C27H29N3O2. The molecule has 2 N–H and O–H groups in total. The number of rotatable bonds is 8. The number of ketones is 1. The summed E-state index contributed by atoms with van der Waals surface area (Å²) in [7, 11) is 4.10. The van der Waals surface area contributed by atoms with Crippen LogP contribution in [0.5, 0.6) is 0 Å². The summed E-state index contributed by atoms with van der Waals surface area (Å²) in [5.74, 6) is 0.118. The van der Waals surface area contributed by atoms with Gasteiger partial charge in [0.25, 0.3) is 5.56 Å². The summed E-state index contributed by atoms with van der Waals surface area (Å²) in [6, 6.07) is 19.4. The number of benzene rings is 2. The van der Waals surface area contributed by atoms with Crippen molar-refractivity contribution in [3.8, 4) is 22.4 Å². The minimum Gasteiger partial charge on any atom is -0.354 e. The van der Waals surface area contributed by atoms with E-state index in [1.54, 1.807) is 6.20 Å². The van der Waals surface area contributed by atoms with Gasteiger partial charge in [-0.2, -0.15) is 0 Å². The van der Waals surface area contributed by atoms with Gasteiger partial charge < -0.3 is 14.9 Å². The lowest BCUT2D eigenvalue weighted by Gasteiger charge is -2.13. The van der Waals surface area contributed by atoms with Gasteiger partial charge in [0.2, 0.25) is 0 Å². The maximum Gasteiger partial charge on any atom is 0.257 e. The lowest BCUT2D eigenvalue weighted by atomic mass is 9.92. The number of carbonyl (C=O) groups excluding carboxylic acids is 1.